The Hall–Kier alpha value is -1.06. The van der Waals surface area contributed by atoms with Gasteiger partial charge in [0.15, 0.2) is 0 Å². The molecule has 1 aromatic rings. The Morgan fingerprint density at radius 2 is 2.30 bits per heavy atom. The number of aromatic nitrogens is 1. The van der Waals surface area contributed by atoms with E-state index >= 15 is 0 Å². The maximum absolute atomic E-state index is 11.0. The number of sulfonamides is 1. The van der Waals surface area contributed by atoms with E-state index in [1.54, 1.807) is 6.20 Å². The number of pyridine rings is 1. The zero-order valence-corrected chi connectivity index (χ0v) is 12.0. The summed E-state index contributed by atoms with van der Waals surface area (Å²) in [6.07, 6.45) is 1.49. The molecule has 7 nitrogen and oxygen atoms in total. The Labute approximate surface area is 118 Å². The van der Waals surface area contributed by atoms with E-state index in [9.17, 15) is 13.5 Å². The minimum Gasteiger partial charge on any atom is -0.389 e. The summed E-state index contributed by atoms with van der Waals surface area (Å²) in [5, 5.41) is 13.2. The van der Waals surface area contributed by atoms with Gasteiger partial charge < -0.3 is 15.2 Å². The van der Waals surface area contributed by atoms with Gasteiger partial charge in [0.2, 0.25) is 10.0 Å². The third-order valence-corrected chi connectivity index (χ3v) is 3.79. The van der Waals surface area contributed by atoms with Crippen LogP contribution in [0.4, 0.5) is 0 Å². The number of nitrogens with zero attached hydrogens (tertiary/aromatic N) is 1. The van der Waals surface area contributed by atoms with Gasteiger partial charge in [0.05, 0.1) is 36.8 Å². The van der Waals surface area contributed by atoms with Gasteiger partial charge in [-0.25, -0.2) is 13.1 Å². The molecule has 2 rings (SSSR count). The van der Waals surface area contributed by atoms with E-state index in [-0.39, 0.29) is 12.6 Å². The summed E-state index contributed by atoms with van der Waals surface area (Å²) in [5.41, 5.74) is 0.873. The molecule has 0 unspecified atom stereocenters. The lowest BCUT2D eigenvalue weighted by atomic mass is 10.1. The van der Waals surface area contributed by atoms with Crippen molar-refractivity contribution in [2.45, 2.75) is 24.8 Å². The molecule has 1 fully saturated rings. The topological polar surface area (TPSA) is 101 Å². The van der Waals surface area contributed by atoms with Gasteiger partial charge in [-0.3, -0.25) is 4.98 Å². The average Bonchev–Trinajstić information content (AvgIpc) is 2.75. The predicted molar refractivity (Wildman–Crippen MR) is 73.5 cm³/mol. The third kappa shape index (κ3) is 4.50. The van der Waals surface area contributed by atoms with Crippen LogP contribution in [0.2, 0.25) is 0 Å². The van der Waals surface area contributed by atoms with Gasteiger partial charge in [0.1, 0.15) is 0 Å². The molecule has 0 spiro atoms. The highest BCUT2D eigenvalue weighted by atomic mass is 32.2. The van der Waals surface area contributed by atoms with Crippen molar-refractivity contribution in [3.63, 3.8) is 0 Å². The van der Waals surface area contributed by atoms with Gasteiger partial charge in [-0.05, 0) is 12.1 Å². The van der Waals surface area contributed by atoms with Crippen molar-refractivity contribution < 1.29 is 18.3 Å². The van der Waals surface area contributed by atoms with E-state index in [1.807, 2.05) is 18.2 Å². The highest BCUT2D eigenvalue weighted by molar-refractivity contribution is 7.88. The number of ether oxygens (including phenoxy) is 1. The lowest BCUT2D eigenvalue weighted by molar-refractivity contribution is 0.0444. The maximum atomic E-state index is 11.0. The van der Waals surface area contributed by atoms with E-state index in [0.717, 1.165) is 11.9 Å². The Balaban J connectivity index is 1.80. The van der Waals surface area contributed by atoms with Gasteiger partial charge in [-0.1, -0.05) is 6.07 Å². The summed E-state index contributed by atoms with van der Waals surface area (Å²) >= 11 is 0. The molecule has 8 heteroatoms. The van der Waals surface area contributed by atoms with Crippen LogP contribution in [-0.4, -0.2) is 56.2 Å². The first-order valence-electron chi connectivity index (χ1n) is 6.33. The third-order valence-electron chi connectivity index (χ3n) is 3.10. The van der Waals surface area contributed by atoms with Crippen LogP contribution in [0.1, 0.15) is 5.69 Å². The number of hydrogen-bond acceptors (Lipinski definition) is 6. The number of hydrogen-bond donors (Lipinski definition) is 3. The Bertz CT molecular complexity index is 523. The van der Waals surface area contributed by atoms with Crippen molar-refractivity contribution in [2.24, 2.45) is 0 Å². The fraction of sp³-hybridized carbons (Fsp3) is 0.583. The van der Waals surface area contributed by atoms with Crippen LogP contribution in [0.3, 0.4) is 0 Å². The van der Waals surface area contributed by atoms with E-state index in [0.29, 0.717) is 13.2 Å². The second-order valence-electron chi connectivity index (χ2n) is 4.79. The van der Waals surface area contributed by atoms with Gasteiger partial charge in [0.25, 0.3) is 0 Å². The highest BCUT2D eigenvalue weighted by Gasteiger charge is 2.35. The molecular formula is C12H19N3O4S. The minimum absolute atomic E-state index is 0.0712. The predicted octanol–water partition coefficient (Wildman–Crippen LogP) is -1.15. The molecule has 0 radical (unpaired) electrons. The molecule has 1 aromatic heterocycles. The van der Waals surface area contributed by atoms with Crippen LogP contribution in [0.5, 0.6) is 0 Å². The molecule has 0 bridgehead atoms. The molecular weight excluding hydrogens is 282 g/mol. The van der Waals surface area contributed by atoms with Gasteiger partial charge in [-0.15, -0.1) is 0 Å². The minimum atomic E-state index is -3.28. The van der Waals surface area contributed by atoms with E-state index in [1.165, 1.54) is 0 Å². The molecule has 3 N–H and O–H groups in total. The smallest absolute Gasteiger partial charge is 0.208 e. The number of aliphatic hydroxyl groups is 1. The first-order valence-corrected chi connectivity index (χ1v) is 8.22. The first kappa shape index (κ1) is 15.3. The molecule has 0 aliphatic carbocycles. The molecule has 20 heavy (non-hydrogen) atoms. The fourth-order valence-electron chi connectivity index (χ4n) is 2.01. The van der Waals surface area contributed by atoms with Gasteiger partial charge in [-0.2, -0.15) is 0 Å². The van der Waals surface area contributed by atoms with Crippen molar-refractivity contribution in [3.8, 4) is 0 Å². The maximum Gasteiger partial charge on any atom is 0.208 e. The lowest BCUT2D eigenvalue weighted by Crippen LogP contribution is -2.44. The van der Waals surface area contributed by atoms with Crippen LogP contribution in [0.15, 0.2) is 24.4 Å². The number of rotatable bonds is 6. The monoisotopic (exact) mass is 301 g/mol. The molecule has 0 aromatic carbocycles. The van der Waals surface area contributed by atoms with Crippen molar-refractivity contribution in [2.75, 3.05) is 19.4 Å². The SMILES string of the molecule is CS(=O)(=O)NC[C@H]1OC[C@@H](NCc2ccccn2)[C@@H]1O. The standard InChI is InChI=1S/C12H19N3O4S/c1-20(17,18)15-7-11-12(16)10(8-19-11)14-6-9-4-2-3-5-13-9/h2-5,10-12,14-16H,6-8H2,1H3/t10-,11-,12+/m1/s1. The van der Waals surface area contributed by atoms with Crippen molar-refractivity contribution in [1.29, 1.82) is 0 Å². The second kappa shape index (κ2) is 6.59. The van der Waals surface area contributed by atoms with Crippen molar-refractivity contribution in [3.05, 3.63) is 30.1 Å². The largest absolute Gasteiger partial charge is 0.389 e. The van der Waals surface area contributed by atoms with E-state index in [2.05, 4.69) is 15.0 Å². The number of nitrogens with one attached hydrogen (secondary N) is 2. The van der Waals surface area contributed by atoms with Crippen LogP contribution in [0.25, 0.3) is 0 Å². The first-order chi connectivity index (χ1) is 9.46. The van der Waals surface area contributed by atoms with Crippen LogP contribution < -0.4 is 10.0 Å². The molecule has 2 heterocycles. The molecule has 3 atom stereocenters. The molecule has 1 aliphatic heterocycles. The molecule has 1 saturated heterocycles. The molecule has 112 valence electrons. The molecule has 1 aliphatic rings. The van der Waals surface area contributed by atoms with E-state index < -0.39 is 22.2 Å². The Morgan fingerprint density at radius 1 is 1.50 bits per heavy atom. The van der Waals surface area contributed by atoms with E-state index in [4.69, 9.17) is 4.74 Å². The van der Waals surface area contributed by atoms with Crippen LogP contribution in [-0.2, 0) is 21.3 Å². The summed E-state index contributed by atoms with van der Waals surface area (Å²) in [6.45, 7) is 0.935. The summed E-state index contributed by atoms with van der Waals surface area (Å²) in [6, 6.07) is 5.38. The van der Waals surface area contributed by atoms with Crippen molar-refractivity contribution >= 4 is 10.0 Å². The highest BCUT2D eigenvalue weighted by Crippen LogP contribution is 2.14. The number of aliphatic hydroxyl groups excluding tert-OH is 1. The zero-order valence-electron chi connectivity index (χ0n) is 11.2. The summed E-state index contributed by atoms with van der Waals surface area (Å²) < 4.78 is 29.8. The van der Waals surface area contributed by atoms with Crippen LogP contribution >= 0.6 is 0 Å². The van der Waals surface area contributed by atoms with Gasteiger partial charge in [0, 0.05) is 19.3 Å². The normalized spacial score (nSPS) is 26.8. The molecule has 0 saturated carbocycles. The average molecular weight is 301 g/mol. The summed E-state index contributed by atoms with van der Waals surface area (Å²) in [5.74, 6) is 0. The van der Waals surface area contributed by atoms with Crippen LogP contribution in [0, 0.1) is 0 Å². The zero-order chi connectivity index (χ0) is 14.6. The quantitative estimate of drug-likeness (QED) is 0.613. The van der Waals surface area contributed by atoms with Crippen molar-refractivity contribution in [1.82, 2.24) is 15.0 Å². The summed E-state index contributed by atoms with van der Waals surface area (Å²) in [7, 11) is -3.28. The fourth-order valence-corrected chi connectivity index (χ4v) is 2.48. The molecule has 0 amide bonds. The second-order valence-corrected chi connectivity index (χ2v) is 6.62. The van der Waals surface area contributed by atoms with Gasteiger partial charge >= 0.3 is 0 Å². The summed E-state index contributed by atoms with van der Waals surface area (Å²) in [4.78, 5) is 4.18. The lowest BCUT2D eigenvalue weighted by Gasteiger charge is -2.18. The Kier molecular flexibility index (Phi) is 5.06. The Morgan fingerprint density at radius 3 is 2.95 bits per heavy atom.